The van der Waals surface area contributed by atoms with Crippen LogP contribution in [0.1, 0.15) is 49.9 Å². The van der Waals surface area contributed by atoms with E-state index in [2.05, 4.69) is 68.6 Å². The van der Waals surface area contributed by atoms with Crippen LogP contribution in [0.25, 0.3) is 0 Å². The second kappa shape index (κ2) is 11.3. The van der Waals surface area contributed by atoms with E-state index < -0.39 is 0 Å². The molecule has 1 saturated heterocycles. The number of piperidine rings is 1. The van der Waals surface area contributed by atoms with Crippen molar-refractivity contribution >= 4 is 35.8 Å². The molecular formula is C20H32IN7O. The van der Waals surface area contributed by atoms with Gasteiger partial charge in [0.15, 0.2) is 11.8 Å². The summed E-state index contributed by atoms with van der Waals surface area (Å²) in [4.78, 5) is 15.6. The number of guanidine groups is 1. The molecule has 0 aliphatic carbocycles. The fourth-order valence-corrected chi connectivity index (χ4v) is 3.18. The van der Waals surface area contributed by atoms with E-state index in [1.54, 1.807) is 7.05 Å². The predicted octanol–water partition coefficient (Wildman–Crippen LogP) is 2.89. The molecule has 8 nitrogen and oxygen atoms in total. The van der Waals surface area contributed by atoms with Crippen molar-refractivity contribution in [2.45, 2.75) is 52.0 Å². The maximum atomic E-state index is 5.28. The summed E-state index contributed by atoms with van der Waals surface area (Å²) in [5.74, 6) is 3.57. The molecule has 3 rings (SSSR count). The maximum absolute atomic E-state index is 5.28. The Labute approximate surface area is 190 Å². The number of aryl methyl sites for hydroxylation is 1. The number of rotatable bonds is 6. The van der Waals surface area contributed by atoms with Crippen molar-refractivity contribution in [3.05, 3.63) is 35.6 Å². The zero-order valence-corrected chi connectivity index (χ0v) is 20.0. The van der Waals surface area contributed by atoms with Gasteiger partial charge in [-0.05, 0) is 31.4 Å². The number of nitrogens with zero attached hydrogens (tertiary/aromatic N) is 5. The lowest BCUT2D eigenvalue weighted by molar-refractivity contribution is 0.371. The molecular weight excluding hydrogens is 481 g/mol. The Morgan fingerprint density at radius 2 is 2.07 bits per heavy atom. The first-order chi connectivity index (χ1) is 13.5. The quantitative estimate of drug-likeness (QED) is 0.349. The summed E-state index contributed by atoms with van der Waals surface area (Å²) in [6.45, 7) is 8.85. The highest BCUT2D eigenvalue weighted by Crippen LogP contribution is 2.18. The van der Waals surface area contributed by atoms with Crippen molar-refractivity contribution in [1.29, 1.82) is 0 Å². The molecule has 0 aromatic carbocycles. The molecule has 0 spiro atoms. The summed E-state index contributed by atoms with van der Waals surface area (Å²) in [7, 11) is 1.80. The Balaban J connectivity index is 0.00000300. The second-order valence-corrected chi connectivity index (χ2v) is 7.55. The highest BCUT2D eigenvalue weighted by Gasteiger charge is 2.21. The zero-order valence-electron chi connectivity index (χ0n) is 17.7. The van der Waals surface area contributed by atoms with Crippen LogP contribution in [0.3, 0.4) is 0 Å². The van der Waals surface area contributed by atoms with Gasteiger partial charge in [-0.15, -0.1) is 24.0 Å². The second-order valence-electron chi connectivity index (χ2n) is 7.55. The van der Waals surface area contributed by atoms with Crippen LogP contribution in [-0.4, -0.2) is 53.8 Å². The van der Waals surface area contributed by atoms with Crippen molar-refractivity contribution in [2.24, 2.45) is 4.99 Å². The van der Waals surface area contributed by atoms with Crippen LogP contribution in [0.4, 0.5) is 5.82 Å². The maximum Gasteiger partial charge on any atom is 0.228 e. The molecule has 1 fully saturated rings. The van der Waals surface area contributed by atoms with E-state index >= 15 is 0 Å². The van der Waals surface area contributed by atoms with Gasteiger partial charge in [0.05, 0.1) is 0 Å². The minimum atomic E-state index is 0. The molecule has 1 aliphatic heterocycles. The van der Waals surface area contributed by atoms with Gasteiger partial charge < -0.3 is 20.1 Å². The Kier molecular flexibility index (Phi) is 9.12. The number of anilines is 1. The summed E-state index contributed by atoms with van der Waals surface area (Å²) < 4.78 is 5.28. The van der Waals surface area contributed by atoms with Gasteiger partial charge in [-0.25, -0.2) is 4.98 Å². The molecule has 0 radical (unpaired) electrons. The van der Waals surface area contributed by atoms with Crippen LogP contribution >= 0.6 is 24.0 Å². The largest absolute Gasteiger partial charge is 0.356 e. The molecule has 0 atom stereocenters. The van der Waals surface area contributed by atoms with Crippen LogP contribution in [0.2, 0.25) is 0 Å². The van der Waals surface area contributed by atoms with Crippen LogP contribution in [0.5, 0.6) is 0 Å². The minimum absolute atomic E-state index is 0. The van der Waals surface area contributed by atoms with Gasteiger partial charge in [0.2, 0.25) is 5.89 Å². The Morgan fingerprint density at radius 3 is 2.66 bits per heavy atom. The normalized spacial score (nSPS) is 15.3. The summed E-state index contributed by atoms with van der Waals surface area (Å²) in [6.07, 6.45) is 4.71. The van der Waals surface area contributed by atoms with Crippen molar-refractivity contribution in [3.63, 3.8) is 0 Å². The monoisotopic (exact) mass is 513 g/mol. The Hall–Kier alpha value is -1.91. The number of aliphatic imine (C=N–C) groups is 1. The first kappa shape index (κ1) is 23.4. The molecule has 0 unspecified atom stereocenters. The summed E-state index contributed by atoms with van der Waals surface area (Å²) in [5, 5.41) is 10.9. The Morgan fingerprint density at radius 1 is 1.31 bits per heavy atom. The molecule has 0 saturated carbocycles. The van der Waals surface area contributed by atoms with Crippen LogP contribution < -0.4 is 15.5 Å². The van der Waals surface area contributed by atoms with Gasteiger partial charge in [0.25, 0.3) is 0 Å². The van der Waals surface area contributed by atoms with E-state index in [9.17, 15) is 0 Å². The smallest absolute Gasteiger partial charge is 0.228 e. The molecule has 2 aromatic heterocycles. The van der Waals surface area contributed by atoms with Gasteiger partial charge in [0, 0.05) is 51.3 Å². The zero-order chi connectivity index (χ0) is 19.9. The van der Waals surface area contributed by atoms with Crippen LogP contribution in [-0.2, 0) is 6.42 Å². The van der Waals surface area contributed by atoms with Gasteiger partial charge in [-0.3, -0.25) is 4.99 Å². The van der Waals surface area contributed by atoms with E-state index in [0.717, 1.165) is 43.5 Å². The third kappa shape index (κ3) is 6.83. The Bertz CT molecular complexity index is 767. The number of pyridine rings is 1. The number of aromatic nitrogens is 3. The molecule has 2 aromatic rings. The highest BCUT2D eigenvalue weighted by atomic mass is 127. The number of nitrogens with one attached hydrogen (secondary N) is 2. The summed E-state index contributed by atoms with van der Waals surface area (Å²) >= 11 is 0. The lowest BCUT2D eigenvalue weighted by Crippen LogP contribution is -2.49. The van der Waals surface area contributed by atoms with Crippen molar-refractivity contribution < 1.29 is 4.52 Å². The van der Waals surface area contributed by atoms with Gasteiger partial charge in [-0.1, -0.05) is 25.1 Å². The number of hydrogen-bond donors (Lipinski definition) is 2. The lowest BCUT2D eigenvalue weighted by Gasteiger charge is -2.33. The fourth-order valence-electron chi connectivity index (χ4n) is 3.18. The minimum Gasteiger partial charge on any atom is -0.356 e. The molecule has 3 heterocycles. The standard InChI is InChI=1S/C20H31N7O.HI/c1-14(2)19-25-18(28-26-19)7-10-22-20(21-4)24-16-8-11-27(12-9-16)17-6-5-15(3)13-23-17;/h5-6,13-14,16H,7-12H2,1-4H3,(H2,21,22,24);1H. The molecule has 0 bridgehead atoms. The van der Waals surface area contributed by atoms with E-state index in [0.29, 0.717) is 24.9 Å². The van der Waals surface area contributed by atoms with Crippen molar-refractivity contribution in [3.8, 4) is 0 Å². The molecule has 1 aliphatic rings. The van der Waals surface area contributed by atoms with E-state index in [1.807, 2.05) is 6.20 Å². The third-order valence-corrected chi connectivity index (χ3v) is 4.91. The van der Waals surface area contributed by atoms with E-state index in [4.69, 9.17) is 4.52 Å². The SMILES string of the molecule is CN=C(NCCc1nc(C(C)C)no1)NC1CCN(c2ccc(C)cn2)CC1.I. The molecule has 160 valence electrons. The first-order valence-corrected chi connectivity index (χ1v) is 10.0. The lowest BCUT2D eigenvalue weighted by atomic mass is 10.1. The van der Waals surface area contributed by atoms with Gasteiger partial charge in [-0.2, -0.15) is 4.98 Å². The first-order valence-electron chi connectivity index (χ1n) is 10.0. The molecule has 9 heteroatoms. The third-order valence-electron chi connectivity index (χ3n) is 4.91. The topological polar surface area (TPSA) is 91.5 Å². The molecule has 29 heavy (non-hydrogen) atoms. The predicted molar refractivity (Wildman–Crippen MR) is 126 cm³/mol. The number of hydrogen-bond acceptors (Lipinski definition) is 6. The average Bonchev–Trinajstić information content (AvgIpc) is 3.18. The summed E-state index contributed by atoms with van der Waals surface area (Å²) in [6, 6.07) is 4.63. The van der Waals surface area contributed by atoms with E-state index in [1.165, 1.54) is 5.56 Å². The molecule has 0 amide bonds. The fraction of sp³-hybridized carbons (Fsp3) is 0.600. The van der Waals surface area contributed by atoms with Crippen LogP contribution in [0.15, 0.2) is 27.8 Å². The summed E-state index contributed by atoms with van der Waals surface area (Å²) in [5.41, 5.74) is 1.19. The average molecular weight is 513 g/mol. The molecule has 2 N–H and O–H groups in total. The highest BCUT2D eigenvalue weighted by molar-refractivity contribution is 14.0. The van der Waals surface area contributed by atoms with Crippen molar-refractivity contribution in [2.75, 3.05) is 31.6 Å². The van der Waals surface area contributed by atoms with Crippen LogP contribution in [0, 0.1) is 6.92 Å². The van der Waals surface area contributed by atoms with E-state index in [-0.39, 0.29) is 29.9 Å². The van der Waals surface area contributed by atoms with Gasteiger partial charge >= 0.3 is 0 Å². The number of halogens is 1. The van der Waals surface area contributed by atoms with Crippen molar-refractivity contribution in [1.82, 2.24) is 25.8 Å². The van der Waals surface area contributed by atoms with Gasteiger partial charge in [0.1, 0.15) is 5.82 Å².